The first-order valence-electron chi connectivity index (χ1n) is 3.88. The Balaban J connectivity index is 3.13. The van der Waals surface area contributed by atoms with Crippen LogP contribution in [0.4, 0.5) is 5.69 Å². The molecule has 0 unspecified atom stereocenters. The number of benzene rings is 1. The topological polar surface area (TPSA) is 92.9 Å². The fraction of sp³-hybridized carbons (Fsp3) is 0.125. The van der Waals surface area contributed by atoms with Crippen LogP contribution in [0.1, 0.15) is 10.4 Å². The van der Waals surface area contributed by atoms with Gasteiger partial charge in [-0.2, -0.15) is 0 Å². The van der Waals surface area contributed by atoms with Crippen LogP contribution in [0.5, 0.6) is 0 Å². The third-order valence-corrected chi connectivity index (χ3v) is 1.68. The summed E-state index contributed by atoms with van der Waals surface area (Å²) in [6, 6.07) is 5.26. The van der Waals surface area contributed by atoms with Gasteiger partial charge in [-0.05, 0) is 6.07 Å². The van der Waals surface area contributed by atoms with Gasteiger partial charge in [0.1, 0.15) is 5.56 Å². The maximum atomic E-state index is 11.3. The lowest BCUT2D eigenvalue weighted by molar-refractivity contribution is -0.385. The van der Waals surface area contributed by atoms with Crippen LogP contribution in [0, 0.1) is 10.1 Å². The summed E-state index contributed by atoms with van der Waals surface area (Å²) in [4.78, 5) is 25.4. The molecule has 0 atom stereocenters. The Morgan fingerprint density at radius 1 is 1.53 bits per heavy atom. The highest BCUT2D eigenvalue weighted by atomic mass is 16.9. The second-order valence-corrected chi connectivity index (χ2v) is 2.53. The van der Waals surface area contributed by atoms with Gasteiger partial charge in [-0.3, -0.25) is 20.1 Å². The van der Waals surface area contributed by atoms with Crippen LogP contribution in [0.25, 0.3) is 0 Å². The van der Waals surface area contributed by atoms with Crippen LogP contribution in [-0.2, 0) is 4.84 Å². The zero-order valence-corrected chi connectivity index (χ0v) is 7.78. The van der Waals surface area contributed by atoms with Crippen molar-refractivity contribution in [2.24, 2.45) is 0 Å². The fourth-order valence-electron chi connectivity index (χ4n) is 1.000. The summed E-state index contributed by atoms with van der Waals surface area (Å²) in [6.45, 7) is 0. The average Bonchev–Trinajstić information content (AvgIpc) is 2.27. The van der Waals surface area contributed by atoms with Crippen molar-refractivity contribution in [1.82, 2.24) is 5.23 Å². The van der Waals surface area contributed by atoms with E-state index < -0.39 is 16.5 Å². The van der Waals surface area contributed by atoms with E-state index in [9.17, 15) is 14.9 Å². The molecule has 1 aromatic carbocycles. The molecule has 7 heteroatoms. The van der Waals surface area contributed by atoms with Crippen LogP contribution in [0.2, 0.25) is 0 Å². The van der Waals surface area contributed by atoms with E-state index in [2.05, 4.69) is 4.84 Å². The molecule has 0 spiro atoms. The van der Waals surface area contributed by atoms with E-state index in [0.29, 0.717) is 0 Å². The monoisotopic (exact) mass is 212 g/mol. The third kappa shape index (κ3) is 2.27. The molecule has 0 saturated heterocycles. The number of nitro benzene ring substituents is 1. The van der Waals surface area contributed by atoms with Crippen LogP contribution in [0.15, 0.2) is 24.3 Å². The zero-order chi connectivity index (χ0) is 11.4. The van der Waals surface area contributed by atoms with Crippen molar-refractivity contribution in [3.8, 4) is 0 Å². The Labute approximate surface area is 84.6 Å². The third-order valence-electron chi connectivity index (χ3n) is 1.68. The zero-order valence-electron chi connectivity index (χ0n) is 7.78. The Kier molecular flexibility index (Phi) is 3.32. The highest BCUT2D eigenvalue weighted by Gasteiger charge is 2.23. The molecule has 0 aromatic heterocycles. The Morgan fingerprint density at radius 3 is 2.67 bits per heavy atom. The van der Waals surface area contributed by atoms with Crippen molar-refractivity contribution in [3.05, 3.63) is 39.9 Å². The second kappa shape index (κ2) is 4.49. The largest absolute Gasteiger partial charge is 0.310 e. The summed E-state index contributed by atoms with van der Waals surface area (Å²) in [5.74, 6) is -0.996. The van der Waals surface area contributed by atoms with Gasteiger partial charge >= 0.3 is 5.91 Å². The number of rotatable bonds is 3. The van der Waals surface area contributed by atoms with E-state index in [4.69, 9.17) is 5.21 Å². The molecule has 0 bridgehead atoms. The maximum Gasteiger partial charge on any atom is 0.310 e. The van der Waals surface area contributed by atoms with Gasteiger partial charge in [0.2, 0.25) is 0 Å². The minimum absolute atomic E-state index is 0.0671. The van der Waals surface area contributed by atoms with E-state index in [-0.39, 0.29) is 10.8 Å². The molecular weight excluding hydrogens is 204 g/mol. The van der Waals surface area contributed by atoms with Crippen molar-refractivity contribution in [1.29, 1.82) is 0 Å². The summed E-state index contributed by atoms with van der Waals surface area (Å²) in [5.41, 5.74) is -0.634. The molecule has 80 valence electrons. The number of nitro groups is 1. The van der Waals surface area contributed by atoms with Crippen molar-refractivity contribution >= 4 is 11.6 Å². The van der Waals surface area contributed by atoms with Crippen molar-refractivity contribution in [2.45, 2.75) is 0 Å². The number of amides is 1. The van der Waals surface area contributed by atoms with Gasteiger partial charge in [-0.25, -0.2) is 4.84 Å². The summed E-state index contributed by atoms with van der Waals surface area (Å²) in [7, 11) is 1.06. The summed E-state index contributed by atoms with van der Waals surface area (Å²) < 4.78 is 0. The summed E-state index contributed by atoms with van der Waals surface area (Å²) in [5, 5.41) is 19.4. The molecular formula is C8H8N2O5. The molecule has 7 nitrogen and oxygen atoms in total. The van der Waals surface area contributed by atoms with Gasteiger partial charge in [0.15, 0.2) is 0 Å². The van der Waals surface area contributed by atoms with E-state index in [0.717, 1.165) is 13.2 Å². The molecule has 0 aliphatic carbocycles. The number of para-hydroxylation sites is 1. The van der Waals surface area contributed by atoms with Crippen molar-refractivity contribution in [2.75, 3.05) is 7.11 Å². The first kappa shape index (κ1) is 11.1. The van der Waals surface area contributed by atoms with Gasteiger partial charge in [0, 0.05) is 6.07 Å². The number of hydrogen-bond donors (Lipinski definition) is 1. The number of hydrogen-bond acceptors (Lipinski definition) is 5. The number of carbonyl (C=O) groups is 1. The predicted octanol–water partition coefficient (Wildman–Crippen LogP) is 0.988. The molecule has 0 aliphatic heterocycles. The van der Waals surface area contributed by atoms with Crippen LogP contribution in [0.3, 0.4) is 0 Å². The van der Waals surface area contributed by atoms with Gasteiger partial charge in [0.25, 0.3) is 5.69 Å². The molecule has 0 aliphatic rings. The maximum absolute atomic E-state index is 11.3. The van der Waals surface area contributed by atoms with Gasteiger partial charge in [-0.1, -0.05) is 17.4 Å². The van der Waals surface area contributed by atoms with Crippen LogP contribution in [-0.4, -0.2) is 28.4 Å². The van der Waals surface area contributed by atoms with E-state index >= 15 is 0 Å². The smallest absolute Gasteiger partial charge is 0.264 e. The SMILES string of the molecule is CON(O)C(=O)c1ccccc1[N+](=O)[O-]. The Hall–Kier alpha value is -1.99. The molecule has 0 heterocycles. The van der Waals surface area contributed by atoms with E-state index in [1.54, 1.807) is 0 Å². The molecule has 1 N–H and O–H groups in total. The standard InChI is InChI=1S/C8H8N2O5/c1-15-10(14)8(11)6-4-2-3-5-7(6)9(12)13/h2-5,14H,1H3. The Morgan fingerprint density at radius 2 is 2.13 bits per heavy atom. The lowest BCUT2D eigenvalue weighted by atomic mass is 10.2. The first-order chi connectivity index (χ1) is 7.07. The van der Waals surface area contributed by atoms with Gasteiger partial charge in [0.05, 0.1) is 12.0 Å². The van der Waals surface area contributed by atoms with E-state index in [1.165, 1.54) is 18.2 Å². The number of nitrogens with zero attached hydrogens (tertiary/aromatic N) is 2. The molecule has 1 rings (SSSR count). The normalized spacial score (nSPS) is 9.73. The first-order valence-corrected chi connectivity index (χ1v) is 3.88. The molecule has 15 heavy (non-hydrogen) atoms. The fourth-order valence-corrected chi connectivity index (χ4v) is 1.000. The average molecular weight is 212 g/mol. The Bertz CT molecular complexity index is 392. The van der Waals surface area contributed by atoms with Crippen molar-refractivity contribution < 1.29 is 19.8 Å². The van der Waals surface area contributed by atoms with Gasteiger partial charge in [-0.15, -0.1) is 0 Å². The highest BCUT2D eigenvalue weighted by molar-refractivity contribution is 5.96. The number of carbonyl (C=O) groups excluding carboxylic acids is 1. The minimum Gasteiger partial charge on any atom is -0.264 e. The lowest BCUT2D eigenvalue weighted by Gasteiger charge is -2.10. The molecule has 1 amide bonds. The quantitative estimate of drug-likeness (QED) is 0.458. The van der Waals surface area contributed by atoms with Crippen molar-refractivity contribution in [3.63, 3.8) is 0 Å². The predicted molar refractivity (Wildman–Crippen MR) is 48.1 cm³/mol. The summed E-state index contributed by atoms with van der Waals surface area (Å²) >= 11 is 0. The molecule has 1 aromatic rings. The second-order valence-electron chi connectivity index (χ2n) is 2.53. The van der Waals surface area contributed by atoms with E-state index in [1.807, 2.05) is 0 Å². The van der Waals surface area contributed by atoms with Crippen LogP contribution < -0.4 is 0 Å². The minimum atomic E-state index is -0.996. The molecule has 0 saturated carbocycles. The lowest BCUT2D eigenvalue weighted by Crippen LogP contribution is -2.26. The van der Waals surface area contributed by atoms with Crippen LogP contribution >= 0.6 is 0 Å². The summed E-state index contributed by atoms with van der Waals surface area (Å²) in [6.07, 6.45) is 0. The number of hydroxylamine groups is 2. The van der Waals surface area contributed by atoms with Gasteiger partial charge < -0.3 is 0 Å². The molecule has 0 fully saturated rings. The highest BCUT2D eigenvalue weighted by Crippen LogP contribution is 2.18. The molecule has 0 radical (unpaired) electrons.